The van der Waals surface area contributed by atoms with Crippen molar-refractivity contribution in [2.45, 2.75) is 6.92 Å². The van der Waals surface area contributed by atoms with Crippen molar-refractivity contribution in [2.75, 3.05) is 18.1 Å². The molecule has 0 saturated carbocycles. The van der Waals surface area contributed by atoms with Crippen LogP contribution in [0.15, 0.2) is 0 Å². The standard InChI is InChI=1S/C5H9NOS/c1-2-8-4-3-7-5-6/h2-4H2,1H3. The molecule has 0 saturated heterocycles. The van der Waals surface area contributed by atoms with E-state index in [-0.39, 0.29) is 0 Å². The molecule has 3 heteroatoms. The van der Waals surface area contributed by atoms with E-state index in [2.05, 4.69) is 11.7 Å². The highest BCUT2D eigenvalue weighted by Gasteiger charge is 1.82. The lowest BCUT2D eigenvalue weighted by Crippen LogP contribution is -1.90. The summed E-state index contributed by atoms with van der Waals surface area (Å²) in [5.74, 6) is 2.01. The van der Waals surface area contributed by atoms with Gasteiger partial charge in [0.05, 0.1) is 0 Å². The molecule has 0 aromatic heterocycles. The summed E-state index contributed by atoms with van der Waals surface area (Å²) in [5, 5.41) is 7.88. The van der Waals surface area contributed by atoms with Gasteiger partial charge in [-0.25, -0.2) is 0 Å². The van der Waals surface area contributed by atoms with Crippen LogP contribution in [-0.4, -0.2) is 18.1 Å². The van der Waals surface area contributed by atoms with E-state index in [9.17, 15) is 0 Å². The topological polar surface area (TPSA) is 33.0 Å². The second kappa shape index (κ2) is 6.64. The summed E-state index contributed by atoms with van der Waals surface area (Å²) in [4.78, 5) is 0. The molecule has 0 atom stereocenters. The number of rotatable bonds is 4. The van der Waals surface area contributed by atoms with Crippen molar-refractivity contribution in [3.8, 4) is 6.26 Å². The van der Waals surface area contributed by atoms with Crippen molar-refractivity contribution in [2.24, 2.45) is 0 Å². The molecule has 0 N–H and O–H groups in total. The molecule has 0 radical (unpaired) electrons. The highest BCUT2D eigenvalue weighted by molar-refractivity contribution is 7.99. The Morgan fingerprint density at radius 2 is 2.50 bits per heavy atom. The van der Waals surface area contributed by atoms with E-state index in [4.69, 9.17) is 5.26 Å². The Morgan fingerprint density at radius 3 is 3.00 bits per heavy atom. The average Bonchev–Trinajstić information content (AvgIpc) is 1.81. The third-order valence-corrected chi connectivity index (χ3v) is 1.46. The van der Waals surface area contributed by atoms with E-state index in [0.717, 1.165) is 11.5 Å². The van der Waals surface area contributed by atoms with Gasteiger partial charge in [-0.15, -0.1) is 0 Å². The monoisotopic (exact) mass is 131 g/mol. The highest BCUT2D eigenvalue weighted by atomic mass is 32.2. The zero-order valence-corrected chi connectivity index (χ0v) is 5.70. The van der Waals surface area contributed by atoms with Gasteiger partial charge in [0.25, 0.3) is 6.26 Å². The summed E-state index contributed by atoms with van der Waals surface area (Å²) in [6.07, 6.45) is 1.61. The van der Waals surface area contributed by atoms with Gasteiger partial charge in [-0.05, 0) is 5.75 Å². The number of nitriles is 1. The molecule has 0 fully saturated rings. The fourth-order valence-corrected chi connectivity index (χ4v) is 0.780. The summed E-state index contributed by atoms with van der Waals surface area (Å²) in [6.45, 7) is 2.63. The SMILES string of the molecule is CCSCCOC#N. The summed E-state index contributed by atoms with van der Waals surface area (Å²) in [6, 6.07) is 0. The van der Waals surface area contributed by atoms with Gasteiger partial charge >= 0.3 is 0 Å². The first kappa shape index (κ1) is 7.64. The third-order valence-electron chi connectivity index (χ3n) is 0.598. The fourth-order valence-electron chi connectivity index (χ4n) is 0.291. The molecule has 0 amide bonds. The maximum Gasteiger partial charge on any atom is 0.286 e. The van der Waals surface area contributed by atoms with Crippen LogP contribution in [0.3, 0.4) is 0 Å². The normalized spacial score (nSPS) is 8.00. The number of thioether (sulfide) groups is 1. The quantitative estimate of drug-likeness (QED) is 0.425. The first-order chi connectivity index (χ1) is 3.91. The first-order valence-electron chi connectivity index (χ1n) is 2.50. The molecule has 0 unspecified atom stereocenters. The Kier molecular flexibility index (Phi) is 6.34. The van der Waals surface area contributed by atoms with Crippen LogP contribution in [0, 0.1) is 11.5 Å². The molecule has 0 heterocycles. The van der Waals surface area contributed by atoms with Crippen molar-refractivity contribution in [1.82, 2.24) is 0 Å². The lowest BCUT2D eigenvalue weighted by atomic mass is 10.9. The van der Waals surface area contributed by atoms with E-state index >= 15 is 0 Å². The van der Waals surface area contributed by atoms with Gasteiger partial charge in [-0.3, -0.25) is 0 Å². The number of hydrogen-bond donors (Lipinski definition) is 0. The van der Waals surface area contributed by atoms with E-state index < -0.39 is 0 Å². The van der Waals surface area contributed by atoms with Crippen LogP contribution in [0.25, 0.3) is 0 Å². The van der Waals surface area contributed by atoms with E-state index in [1.807, 2.05) is 0 Å². The fraction of sp³-hybridized carbons (Fsp3) is 0.800. The van der Waals surface area contributed by atoms with Crippen LogP contribution in [-0.2, 0) is 4.74 Å². The lowest BCUT2D eigenvalue weighted by Gasteiger charge is -1.92. The van der Waals surface area contributed by atoms with Crippen LogP contribution in [0.5, 0.6) is 0 Å². The smallest absolute Gasteiger partial charge is 0.286 e. The zero-order chi connectivity index (χ0) is 6.24. The summed E-state index contributed by atoms with van der Waals surface area (Å²) < 4.78 is 4.42. The number of ether oxygens (including phenoxy) is 1. The van der Waals surface area contributed by atoms with Gasteiger partial charge < -0.3 is 4.74 Å². The molecule has 8 heavy (non-hydrogen) atoms. The number of nitrogens with zero attached hydrogens (tertiary/aromatic N) is 1. The van der Waals surface area contributed by atoms with Gasteiger partial charge in [0, 0.05) is 5.75 Å². The molecule has 0 rings (SSSR count). The molecule has 0 aromatic carbocycles. The van der Waals surface area contributed by atoms with Crippen LogP contribution in [0.1, 0.15) is 6.92 Å². The van der Waals surface area contributed by atoms with E-state index in [1.54, 1.807) is 18.0 Å². The van der Waals surface area contributed by atoms with Crippen molar-refractivity contribution in [1.29, 1.82) is 5.26 Å². The van der Waals surface area contributed by atoms with Gasteiger partial charge in [0.2, 0.25) is 0 Å². The van der Waals surface area contributed by atoms with Crippen LogP contribution >= 0.6 is 11.8 Å². The van der Waals surface area contributed by atoms with E-state index in [1.165, 1.54) is 0 Å². The maximum absolute atomic E-state index is 7.88. The van der Waals surface area contributed by atoms with Crippen LogP contribution < -0.4 is 0 Å². The molecular weight excluding hydrogens is 122 g/mol. The van der Waals surface area contributed by atoms with Gasteiger partial charge in [0.1, 0.15) is 6.61 Å². The Bertz CT molecular complexity index is 79.0. The molecule has 0 aromatic rings. The predicted octanol–water partition coefficient (Wildman–Crippen LogP) is 1.24. The molecule has 46 valence electrons. The summed E-state index contributed by atoms with van der Waals surface area (Å²) in [5.41, 5.74) is 0. The lowest BCUT2D eigenvalue weighted by molar-refractivity contribution is 0.295. The minimum Gasteiger partial charge on any atom is -0.427 e. The molecule has 0 aliphatic rings. The molecule has 0 aliphatic heterocycles. The van der Waals surface area contributed by atoms with Crippen molar-refractivity contribution in [3.63, 3.8) is 0 Å². The largest absolute Gasteiger partial charge is 0.427 e. The number of hydrogen-bond acceptors (Lipinski definition) is 3. The van der Waals surface area contributed by atoms with Gasteiger partial charge in [-0.2, -0.15) is 17.0 Å². The Labute approximate surface area is 53.8 Å². The van der Waals surface area contributed by atoms with Gasteiger partial charge in [0.15, 0.2) is 0 Å². The zero-order valence-electron chi connectivity index (χ0n) is 4.89. The molecular formula is C5H9NOS. The second-order valence-corrected chi connectivity index (χ2v) is 2.53. The third kappa shape index (κ3) is 5.64. The van der Waals surface area contributed by atoms with Gasteiger partial charge in [-0.1, -0.05) is 6.92 Å². The van der Waals surface area contributed by atoms with Crippen LogP contribution in [0.2, 0.25) is 0 Å². The molecule has 2 nitrogen and oxygen atoms in total. The minimum atomic E-state index is 0.551. The summed E-state index contributed by atoms with van der Waals surface area (Å²) in [7, 11) is 0. The minimum absolute atomic E-state index is 0.551. The Balaban J connectivity index is 2.65. The Hall–Kier alpha value is -0.360. The van der Waals surface area contributed by atoms with E-state index in [0.29, 0.717) is 6.61 Å². The van der Waals surface area contributed by atoms with Crippen LogP contribution in [0.4, 0.5) is 0 Å². The van der Waals surface area contributed by atoms with Crippen molar-refractivity contribution >= 4 is 11.8 Å². The summed E-state index contributed by atoms with van der Waals surface area (Å²) >= 11 is 1.77. The highest BCUT2D eigenvalue weighted by Crippen LogP contribution is 1.95. The molecule has 0 aliphatic carbocycles. The molecule has 0 bridgehead atoms. The van der Waals surface area contributed by atoms with Crippen molar-refractivity contribution in [3.05, 3.63) is 0 Å². The second-order valence-electron chi connectivity index (χ2n) is 1.14. The maximum atomic E-state index is 7.88. The predicted molar refractivity (Wildman–Crippen MR) is 34.6 cm³/mol. The van der Waals surface area contributed by atoms with Crippen molar-refractivity contribution < 1.29 is 4.74 Å². The molecule has 0 spiro atoms. The Morgan fingerprint density at radius 1 is 1.75 bits per heavy atom. The average molecular weight is 131 g/mol. The first-order valence-corrected chi connectivity index (χ1v) is 3.66.